The van der Waals surface area contributed by atoms with Gasteiger partial charge in [0.05, 0.1) is 11.5 Å². The zero-order valence-electron chi connectivity index (χ0n) is 14.4. The topological polar surface area (TPSA) is 95.5 Å². The van der Waals surface area contributed by atoms with Gasteiger partial charge < -0.3 is 15.1 Å². The SMILES string of the molecule is CN(C)CCCNC(=O)c1ccc(N(C)C2CCS(=O)(=O)C2)nn1. The van der Waals surface area contributed by atoms with Gasteiger partial charge in [0.1, 0.15) is 0 Å². The molecule has 9 heteroatoms. The number of nitrogens with zero attached hydrogens (tertiary/aromatic N) is 4. The van der Waals surface area contributed by atoms with Gasteiger partial charge in [-0.25, -0.2) is 8.42 Å². The summed E-state index contributed by atoms with van der Waals surface area (Å²) in [6.07, 6.45) is 1.46. The predicted molar refractivity (Wildman–Crippen MR) is 93.0 cm³/mol. The molecule has 0 saturated carbocycles. The third-order valence-corrected chi connectivity index (χ3v) is 5.82. The number of anilines is 1. The van der Waals surface area contributed by atoms with Crippen molar-refractivity contribution in [2.24, 2.45) is 0 Å². The molecule has 134 valence electrons. The molecule has 1 amide bonds. The first kappa shape index (κ1) is 18.6. The predicted octanol–water partition coefficient (Wildman–Crippen LogP) is -0.219. The van der Waals surface area contributed by atoms with Crippen molar-refractivity contribution in [2.45, 2.75) is 18.9 Å². The molecule has 0 aliphatic carbocycles. The van der Waals surface area contributed by atoms with Crippen molar-refractivity contribution in [1.82, 2.24) is 20.4 Å². The van der Waals surface area contributed by atoms with E-state index < -0.39 is 9.84 Å². The molecule has 2 heterocycles. The van der Waals surface area contributed by atoms with Gasteiger partial charge in [-0.2, -0.15) is 0 Å². The Hall–Kier alpha value is -1.74. The van der Waals surface area contributed by atoms with Crippen molar-refractivity contribution in [3.63, 3.8) is 0 Å². The molecule has 1 unspecified atom stereocenters. The second-order valence-corrected chi connectivity index (χ2v) is 8.59. The second kappa shape index (κ2) is 7.89. The molecule has 1 N–H and O–H groups in total. The van der Waals surface area contributed by atoms with E-state index in [1.54, 1.807) is 19.2 Å². The maximum Gasteiger partial charge on any atom is 0.271 e. The van der Waals surface area contributed by atoms with Crippen LogP contribution in [0.2, 0.25) is 0 Å². The Labute approximate surface area is 143 Å². The Morgan fingerprint density at radius 2 is 2.04 bits per heavy atom. The molecular weight excluding hydrogens is 330 g/mol. The lowest BCUT2D eigenvalue weighted by atomic mass is 10.2. The number of carbonyl (C=O) groups excluding carboxylic acids is 1. The minimum absolute atomic E-state index is 0.0880. The highest BCUT2D eigenvalue weighted by atomic mass is 32.2. The molecule has 1 atom stereocenters. The molecular formula is C15H25N5O3S. The fraction of sp³-hybridized carbons (Fsp3) is 0.667. The molecule has 0 radical (unpaired) electrons. The Balaban J connectivity index is 1.89. The molecule has 24 heavy (non-hydrogen) atoms. The van der Waals surface area contributed by atoms with Crippen LogP contribution >= 0.6 is 0 Å². The molecule has 1 aromatic rings. The fourth-order valence-electron chi connectivity index (χ4n) is 2.59. The number of carbonyl (C=O) groups is 1. The zero-order chi connectivity index (χ0) is 17.7. The van der Waals surface area contributed by atoms with Crippen molar-refractivity contribution in [2.75, 3.05) is 50.6 Å². The molecule has 2 rings (SSSR count). The summed E-state index contributed by atoms with van der Waals surface area (Å²) >= 11 is 0. The maximum atomic E-state index is 12.0. The highest BCUT2D eigenvalue weighted by molar-refractivity contribution is 7.91. The minimum atomic E-state index is -2.95. The second-order valence-electron chi connectivity index (χ2n) is 6.36. The zero-order valence-corrected chi connectivity index (χ0v) is 15.2. The molecule has 0 aromatic carbocycles. The highest BCUT2D eigenvalue weighted by Crippen LogP contribution is 2.20. The van der Waals surface area contributed by atoms with Crippen LogP contribution in [-0.4, -0.2) is 81.2 Å². The van der Waals surface area contributed by atoms with Gasteiger partial charge >= 0.3 is 0 Å². The number of amides is 1. The largest absolute Gasteiger partial charge is 0.354 e. The van der Waals surface area contributed by atoms with E-state index in [9.17, 15) is 13.2 Å². The smallest absolute Gasteiger partial charge is 0.271 e. The standard InChI is InChI=1S/C15H25N5O3S/c1-19(2)9-4-8-16-15(21)13-5-6-14(18-17-13)20(3)12-7-10-24(22,23)11-12/h5-6,12H,4,7-11H2,1-3H3,(H,16,21). The van der Waals surface area contributed by atoms with E-state index in [2.05, 4.69) is 20.4 Å². The van der Waals surface area contributed by atoms with Crippen molar-refractivity contribution in [3.05, 3.63) is 17.8 Å². The average Bonchev–Trinajstić information content (AvgIpc) is 2.90. The van der Waals surface area contributed by atoms with E-state index in [0.29, 0.717) is 18.8 Å². The number of hydrogen-bond acceptors (Lipinski definition) is 7. The van der Waals surface area contributed by atoms with Crippen LogP contribution in [0, 0.1) is 0 Å². The van der Waals surface area contributed by atoms with Crippen LogP contribution in [0.5, 0.6) is 0 Å². The van der Waals surface area contributed by atoms with E-state index >= 15 is 0 Å². The first-order chi connectivity index (χ1) is 11.3. The van der Waals surface area contributed by atoms with Crippen LogP contribution in [0.1, 0.15) is 23.3 Å². The molecule has 1 aliphatic heterocycles. The first-order valence-electron chi connectivity index (χ1n) is 7.98. The lowest BCUT2D eigenvalue weighted by Gasteiger charge is -2.23. The van der Waals surface area contributed by atoms with Crippen molar-refractivity contribution in [3.8, 4) is 0 Å². The van der Waals surface area contributed by atoms with Crippen molar-refractivity contribution in [1.29, 1.82) is 0 Å². The molecule has 0 spiro atoms. The Morgan fingerprint density at radius 1 is 1.29 bits per heavy atom. The van der Waals surface area contributed by atoms with Gasteiger partial charge in [-0.3, -0.25) is 4.79 Å². The number of sulfone groups is 1. The van der Waals surface area contributed by atoms with Gasteiger partial charge in [-0.1, -0.05) is 0 Å². The van der Waals surface area contributed by atoms with Gasteiger partial charge in [0.15, 0.2) is 21.3 Å². The Kier molecular flexibility index (Phi) is 6.11. The van der Waals surface area contributed by atoms with Crippen LogP contribution in [0.4, 0.5) is 5.82 Å². The monoisotopic (exact) mass is 355 g/mol. The van der Waals surface area contributed by atoms with Crippen LogP contribution in [0.25, 0.3) is 0 Å². The third-order valence-electron chi connectivity index (χ3n) is 4.07. The molecule has 1 aromatic heterocycles. The summed E-state index contributed by atoms with van der Waals surface area (Å²) in [6.45, 7) is 1.49. The highest BCUT2D eigenvalue weighted by Gasteiger charge is 2.31. The molecule has 0 bridgehead atoms. The van der Waals surface area contributed by atoms with E-state index in [-0.39, 0.29) is 29.1 Å². The summed E-state index contributed by atoms with van der Waals surface area (Å²) in [5.41, 5.74) is 0.260. The minimum Gasteiger partial charge on any atom is -0.354 e. The summed E-state index contributed by atoms with van der Waals surface area (Å²) in [4.78, 5) is 15.9. The molecule has 1 aliphatic rings. The summed E-state index contributed by atoms with van der Waals surface area (Å²) in [5, 5.41) is 10.8. The summed E-state index contributed by atoms with van der Waals surface area (Å²) in [6, 6.07) is 3.23. The van der Waals surface area contributed by atoms with Gasteiger partial charge in [-0.15, -0.1) is 10.2 Å². The molecule has 1 fully saturated rings. The number of aromatic nitrogens is 2. The van der Waals surface area contributed by atoms with Crippen LogP contribution in [0.3, 0.4) is 0 Å². The summed E-state index contributed by atoms with van der Waals surface area (Å²) in [5.74, 6) is 0.669. The quantitative estimate of drug-likeness (QED) is 0.676. The van der Waals surface area contributed by atoms with E-state index in [0.717, 1.165) is 13.0 Å². The van der Waals surface area contributed by atoms with Gasteiger partial charge in [0.25, 0.3) is 5.91 Å². The Morgan fingerprint density at radius 3 is 2.58 bits per heavy atom. The van der Waals surface area contributed by atoms with Crippen LogP contribution in [0.15, 0.2) is 12.1 Å². The number of nitrogens with one attached hydrogen (secondary N) is 1. The van der Waals surface area contributed by atoms with Gasteiger partial charge in [0, 0.05) is 19.6 Å². The fourth-order valence-corrected chi connectivity index (χ4v) is 4.36. The van der Waals surface area contributed by atoms with Gasteiger partial charge in [-0.05, 0) is 45.6 Å². The van der Waals surface area contributed by atoms with Gasteiger partial charge in [0.2, 0.25) is 0 Å². The van der Waals surface area contributed by atoms with E-state index in [4.69, 9.17) is 0 Å². The van der Waals surface area contributed by atoms with E-state index in [1.807, 2.05) is 19.0 Å². The number of rotatable bonds is 7. The maximum absolute atomic E-state index is 12.0. The van der Waals surface area contributed by atoms with E-state index in [1.165, 1.54) is 0 Å². The first-order valence-corrected chi connectivity index (χ1v) is 9.80. The van der Waals surface area contributed by atoms with Crippen molar-refractivity contribution < 1.29 is 13.2 Å². The lowest BCUT2D eigenvalue weighted by molar-refractivity contribution is 0.0946. The normalized spacial score (nSPS) is 19.4. The van der Waals surface area contributed by atoms with Crippen LogP contribution in [-0.2, 0) is 9.84 Å². The third kappa shape index (κ3) is 5.13. The summed E-state index contributed by atoms with van der Waals surface area (Å²) in [7, 11) is 2.82. The molecule has 8 nitrogen and oxygen atoms in total. The van der Waals surface area contributed by atoms with Crippen molar-refractivity contribution >= 4 is 21.6 Å². The molecule has 1 saturated heterocycles. The lowest BCUT2D eigenvalue weighted by Crippen LogP contribution is -2.33. The average molecular weight is 355 g/mol. The van der Waals surface area contributed by atoms with Crippen LogP contribution < -0.4 is 10.2 Å². The summed E-state index contributed by atoms with van der Waals surface area (Å²) < 4.78 is 23.1. The Bertz CT molecular complexity index is 660. The number of hydrogen-bond donors (Lipinski definition) is 1.